The molecule has 10 nitrogen and oxygen atoms in total. The zero-order chi connectivity index (χ0) is 16.1. The van der Waals surface area contributed by atoms with E-state index in [9.17, 15) is 19.2 Å². The Kier molecular flexibility index (Phi) is 6.78. The van der Waals surface area contributed by atoms with E-state index in [-0.39, 0.29) is 16.5 Å². The van der Waals surface area contributed by atoms with Gasteiger partial charge in [0.25, 0.3) is 0 Å². The van der Waals surface area contributed by atoms with Crippen LogP contribution in [0.25, 0.3) is 0 Å². The normalized spacial score (nSPS) is 14.3. The van der Waals surface area contributed by atoms with Gasteiger partial charge in [-0.15, -0.1) is 0 Å². The van der Waals surface area contributed by atoms with Crippen molar-refractivity contribution >= 4 is 45.5 Å². The maximum absolute atomic E-state index is 11.1. The summed E-state index contributed by atoms with van der Waals surface area (Å²) in [4.78, 5) is 43.5. The van der Waals surface area contributed by atoms with Crippen molar-refractivity contribution in [3.8, 4) is 0 Å². The Balaban J connectivity index is 5.15. The largest absolute Gasteiger partial charge is 0.480 e. The predicted octanol–water partition coefficient (Wildman–Crippen LogP) is -1.90. The van der Waals surface area contributed by atoms with Crippen LogP contribution < -0.4 is 11.5 Å². The van der Waals surface area contributed by atoms with Gasteiger partial charge in [0, 0.05) is 5.75 Å². The van der Waals surface area contributed by atoms with Crippen LogP contribution in [0, 0.1) is 0 Å². The van der Waals surface area contributed by atoms with E-state index < -0.39 is 40.7 Å². The van der Waals surface area contributed by atoms with Gasteiger partial charge < -0.3 is 31.9 Å². The number of rotatable bonds is 9. The van der Waals surface area contributed by atoms with Gasteiger partial charge in [-0.25, -0.2) is 9.59 Å². The fraction of sp³-hybridized carbons (Fsp3) is 0.500. The highest BCUT2D eigenvalue weighted by Crippen LogP contribution is 2.39. The molecule has 0 saturated heterocycles. The number of carboxylic acids is 4. The van der Waals surface area contributed by atoms with Crippen LogP contribution in [-0.2, 0) is 19.2 Å². The first-order chi connectivity index (χ1) is 9.07. The van der Waals surface area contributed by atoms with E-state index in [1.165, 1.54) is 0 Å². The molecule has 0 aliphatic carbocycles. The van der Waals surface area contributed by atoms with Crippen molar-refractivity contribution in [2.75, 3.05) is 5.75 Å². The highest BCUT2D eigenvalue weighted by Gasteiger charge is 2.56. The lowest BCUT2D eigenvalue weighted by Gasteiger charge is -2.27. The van der Waals surface area contributed by atoms with Crippen LogP contribution in [0.1, 0.15) is 0 Å². The molecule has 12 heteroatoms. The summed E-state index contributed by atoms with van der Waals surface area (Å²) in [5.74, 6) is -7.42. The summed E-state index contributed by atoms with van der Waals surface area (Å²) >= 11 is 0. The zero-order valence-corrected chi connectivity index (χ0v) is 11.4. The first-order valence-electron chi connectivity index (χ1n) is 4.81. The summed E-state index contributed by atoms with van der Waals surface area (Å²) in [6, 6.07) is -3.58. The molecule has 0 aliphatic heterocycles. The van der Waals surface area contributed by atoms with Crippen molar-refractivity contribution in [2.24, 2.45) is 11.5 Å². The third kappa shape index (κ3) is 4.00. The van der Waals surface area contributed by atoms with Crippen LogP contribution in [0.3, 0.4) is 0 Å². The summed E-state index contributed by atoms with van der Waals surface area (Å²) in [6.07, 6.45) is 0. The SMILES string of the molecule is NC(CSSC(C(=O)O)(C(=O)O)[C@H](N)C(=O)O)C(=O)O. The van der Waals surface area contributed by atoms with Gasteiger partial charge in [0.2, 0.25) is 4.75 Å². The maximum Gasteiger partial charge on any atom is 0.334 e. The third-order valence-electron chi connectivity index (χ3n) is 2.09. The van der Waals surface area contributed by atoms with Crippen LogP contribution in [0.4, 0.5) is 0 Å². The number of carboxylic acid groups (broad SMARTS) is 4. The Hall–Kier alpha value is -1.50. The molecule has 2 atom stereocenters. The molecule has 0 aliphatic rings. The Bertz CT molecular complexity index is 415. The molecule has 0 aromatic rings. The van der Waals surface area contributed by atoms with E-state index in [1.54, 1.807) is 0 Å². The number of carbonyl (C=O) groups is 4. The molecule has 0 spiro atoms. The molecule has 114 valence electrons. The van der Waals surface area contributed by atoms with E-state index in [0.717, 1.165) is 0 Å². The van der Waals surface area contributed by atoms with Crippen molar-refractivity contribution in [3.05, 3.63) is 0 Å². The molecule has 0 bridgehead atoms. The Morgan fingerprint density at radius 2 is 1.40 bits per heavy atom. The van der Waals surface area contributed by atoms with Gasteiger partial charge in [-0.3, -0.25) is 9.59 Å². The molecule has 0 aromatic heterocycles. The minimum Gasteiger partial charge on any atom is -0.480 e. The van der Waals surface area contributed by atoms with Crippen LogP contribution in [0.15, 0.2) is 0 Å². The highest BCUT2D eigenvalue weighted by atomic mass is 33.1. The lowest BCUT2D eigenvalue weighted by molar-refractivity contribution is -0.157. The zero-order valence-electron chi connectivity index (χ0n) is 9.75. The number of hydrogen-bond donors (Lipinski definition) is 6. The minimum absolute atomic E-state index is 0.136. The molecule has 0 saturated carbocycles. The van der Waals surface area contributed by atoms with E-state index in [0.29, 0.717) is 10.8 Å². The molecular weight excluding hydrogens is 316 g/mol. The van der Waals surface area contributed by atoms with Crippen molar-refractivity contribution < 1.29 is 39.6 Å². The summed E-state index contributed by atoms with van der Waals surface area (Å²) < 4.78 is -2.85. The highest BCUT2D eigenvalue weighted by molar-refractivity contribution is 8.77. The van der Waals surface area contributed by atoms with Crippen molar-refractivity contribution in [2.45, 2.75) is 16.8 Å². The molecule has 8 N–H and O–H groups in total. The first kappa shape index (κ1) is 18.5. The van der Waals surface area contributed by atoms with Gasteiger partial charge in [0.05, 0.1) is 0 Å². The second-order valence-electron chi connectivity index (χ2n) is 3.47. The molecule has 0 aromatic carbocycles. The topological polar surface area (TPSA) is 201 Å². The van der Waals surface area contributed by atoms with Gasteiger partial charge in [-0.2, -0.15) is 0 Å². The number of nitrogens with two attached hydrogens (primary N) is 2. The second-order valence-corrected chi connectivity index (χ2v) is 6.06. The van der Waals surface area contributed by atoms with Gasteiger partial charge in [-0.05, 0) is 0 Å². The van der Waals surface area contributed by atoms with Gasteiger partial charge in [0.15, 0.2) is 0 Å². The monoisotopic (exact) mass is 328 g/mol. The minimum atomic E-state index is -2.85. The Labute approximate surface area is 119 Å². The molecule has 0 rings (SSSR count). The standard InChI is InChI=1S/C8H12N2O8S2/c9-2(4(11)12)1-19-20-8(6(15)16,7(17)18)3(10)5(13)14/h2-3H,1,9-10H2,(H,11,12)(H,13,14)(H,15,16)(H,17,18)/t2?,3-/m1/s1. The van der Waals surface area contributed by atoms with E-state index >= 15 is 0 Å². The van der Waals surface area contributed by atoms with Gasteiger partial charge in [0.1, 0.15) is 12.1 Å². The molecule has 0 amide bonds. The summed E-state index contributed by atoms with van der Waals surface area (Å²) in [5, 5.41) is 35.2. The van der Waals surface area contributed by atoms with Crippen LogP contribution in [-0.4, -0.2) is 66.9 Å². The molecule has 0 heterocycles. The molecular formula is C8H12N2O8S2. The van der Waals surface area contributed by atoms with Crippen molar-refractivity contribution in [1.29, 1.82) is 0 Å². The average molecular weight is 328 g/mol. The van der Waals surface area contributed by atoms with Gasteiger partial charge in [-0.1, -0.05) is 21.6 Å². The van der Waals surface area contributed by atoms with Gasteiger partial charge >= 0.3 is 23.9 Å². The Morgan fingerprint density at radius 1 is 0.950 bits per heavy atom. The molecule has 20 heavy (non-hydrogen) atoms. The average Bonchev–Trinajstić information content (AvgIpc) is 2.32. The smallest absolute Gasteiger partial charge is 0.334 e. The molecule has 0 fully saturated rings. The fourth-order valence-electron chi connectivity index (χ4n) is 0.926. The quantitative estimate of drug-likeness (QED) is 0.203. The van der Waals surface area contributed by atoms with Crippen LogP contribution in [0.2, 0.25) is 0 Å². The van der Waals surface area contributed by atoms with Crippen LogP contribution >= 0.6 is 21.6 Å². The lowest BCUT2D eigenvalue weighted by Crippen LogP contribution is -2.60. The second kappa shape index (κ2) is 7.33. The van der Waals surface area contributed by atoms with Crippen molar-refractivity contribution in [3.63, 3.8) is 0 Å². The molecule has 0 radical (unpaired) electrons. The Morgan fingerprint density at radius 3 is 1.70 bits per heavy atom. The summed E-state index contributed by atoms with van der Waals surface area (Å²) in [5.41, 5.74) is 10.3. The predicted molar refractivity (Wildman–Crippen MR) is 69.3 cm³/mol. The fourth-order valence-corrected chi connectivity index (χ4v) is 3.76. The number of hydrogen-bond acceptors (Lipinski definition) is 8. The van der Waals surface area contributed by atoms with E-state index in [1.807, 2.05) is 0 Å². The van der Waals surface area contributed by atoms with E-state index in [2.05, 4.69) is 0 Å². The summed E-state index contributed by atoms with van der Waals surface area (Å²) in [7, 11) is 0.641. The maximum atomic E-state index is 11.1. The first-order valence-corrected chi connectivity index (χ1v) is 7.13. The summed E-state index contributed by atoms with van der Waals surface area (Å²) in [6.45, 7) is 0. The van der Waals surface area contributed by atoms with Crippen LogP contribution in [0.5, 0.6) is 0 Å². The van der Waals surface area contributed by atoms with E-state index in [4.69, 9.17) is 31.9 Å². The lowest BCUT2D eigenvalue weighted by atomic mass is 10.00. The number of aliphatic carboxylic acids is 4. The third-order valence-corrected chi connectivity index (χ3v) is 5.12. The van der Waals surface area contributed by atoms with Crippen molar-refractivity contribution in [1.82, 2.24) is 0 Å². The molecule has 1 unspecified atom stereocenters.